The lowest BCUT2D eigenvalue weighted by Gasteiger charge is -2.14. The second-order valence-corrected chi connectivity index (χ2v) is 7.04. The molecule has 3 rings (SSSR count). The fourth-order valence-corrected chi connectivity index (χ4v) is 3.77. The molecule has 0 fully saturated rings. The molecule has 2 heterocycles. The summed E-state index contributed by atoms with van der Waals surface area (Å²) in [6.45, 7) is 5.99. The number of rotatable bonds is 7. The van der Waals surface area contributed by atoms with Crippen LogP contribution in [0.15, 0.2) is 35.5 Å². The molecule has 0 aliphatic carbocycles. The van der Waals surface area contributed by atoms with Crippen LogP contribution < -0.4 is 4.74 Å². The number of aryl methyl sites for hydroxylation is 1. The van der Waals surface area contributed by atoms with Crippen molar-refractivity contribution in [3.8, 4) is 11.4 Å². The first-order valence-electron chi connectivity index (χ1n) is 8.78. The zero-order valence-electron chi connectivity index (χ0n) is 15.8. The van der Waals surface area contributed by atoms with E-state index in [1.165, 1.54) is 11.8 Å². The molecule has 0 aliphatic rings. The van der Waals surface area contributed by atoms with Gasteiger partial charge in [-0.3, -0.25) is 4.79 Å². The third-order valence-corrected chi connectivity index (χ3v) is 5.45. The molecule has 2 aromatic heterocycles. The van der Waals surface area contributed by atoms with E-state index in [-0.39, 0.29) is 11.2 Å². The Morgan fingerprint density at radius 1 is 1.26 bits per heavy atom. The predicted molar refractivity (Wildman–Crippen MR) is 105 cm³/mol. The molecule has 0 aliphatic heterocycles. The van der Waals surface area contributed by atoms with Crippen LogP contribution >= 0.6 is 11.8 Å². The first kappa shape index (κ1) is 19.2. The predicted octanol–water partition coefficient (Wildman–Crippen LogP) is 3.57. The smallest absolute Gasteiger partial charge is 0.319 e. The second-order valence-electron chi connectivity index (χ2n) is 5.85. The topological polar surface area (TPSA) is 79.1 Å². The van der Waals surface area contributed by atoms with Crippen molar-refractivity contribution in [1.29, 1.82) is 0 Å². The Kier molecular flexibility index (Phi) is 5.95. The van der Waals surface area contributed by atoms with Crippen LogP contribution in [0.3, 0.4) is 0 Å². The highest BCUT2D eigenvalue weighted by molar-refractivity contribution is 8.00. The van der Waals surface area contributed by atoms with E-state index in [1.807, 2.05) is 38.1 Å². The van der Waals surface area contributed by atoms with Gasteiger partial charge in [-0.25, -0.2) is 4.68 Å². The number of esters is 1. The van der Waals surface area contributed by atoms with Gasteiger partial charge in [-0.05, 0) is 32.4 Å². The van der Waals surface area contributed by atoms with Gasteiger partial charge in [0.2, 0.25) is 0 Å². The zero-order chi connectivity index (χ0) is 19.4. The van der Waals surface area contributed by atoms with Gasteiger partial charge in [-0.1, -0.05) is 30.8 Å². The average Bonchev–Trinajstić information content (AvgIpc) is 3.13. The van der Waals surface area contributed by atoms with E-state index >= 15 is 0 Å². The van der Waals surface area contributed by atoms with Gasteiger partial charge >= 0.3 is 5.97 Å². The quantitative estimate of drug-likeness (QED) is 0.454. The van der Waals surface area contributed by atoms with Crippen LogP contribution in [0.1, 0.15) is 26.0 Å². The Morgan fingerprint density at radius 3 is 2.74 bits per heavy atom. The highest BCUT2D eigenvalue weighted by Crippen LogP contribution is 2.34. The summed E-state index contributed by atoms with van der Waals surface area (Å²) >= 11 is 1.35. The maximum absolute atomic E-state index is 12.2. The summed E-state index contributed by atoms with van der Waals surface area (Å²) in [6.07, 6.45) is 2.39. The van der Waals surface area contributed by atoms with Crippen molar-refractivity contribution in [2.24, 2.45) is 0 Å². The Hall–Kier alpha value is -2.61. The number of nitrogens with zero attached hydrogens (tertiary/aromatic N) is 4. The Morgan fingerprint density at radius 2 is 2.04 bits per heavy atom. The molecule has 0 unspecified atom stereocenters. The molecular weight excluding hydrogens is 364 g/mol. The summed E-state index contributed by atoms with van der Waals surface area (Å²) in [5.74, 6) is 0.453. The number of carbonyl (C=O) groups excluding carboxylic acids is 1. The van der Waals surface area contributed by atoms with Crippen molar-refractivity contribution in [2.45, 2.75) is 37.5 Å². The number of aromatic nitrogens is 4. The van der Waals surface area contributed by atoms with Crippen molar-refractivity contribution in [2.75, 3.05) is 13.7 Å². The molecule has 0 N–H and O–H groups in total. The minimum atomic E-state index is -0.355. The van der Waals surface area contributed by atoms with E-state index in [9.17, 15) is 4.79 Å². The number of thioether (sulfide) groups is 1. The zero-order valence-corrected chi connectivity index (χ0v) is 16.6. The number of carbonyl (C=O) groups is 1. The third kappa shape index (κ3) is 3.75. The Balaban J connectivity index is 2.13. The first-order chi connectivity index (χ1) is 13.1. The molecule has 0 radical (unpaired) electrons. The number of hydrogen-bond donors (Lipinski definition) is 0. The summed E-state index contributed by atoms with van der Waals surface area (Å²) < 4.78 is 12.5. The summed E-state index contributed by atoms with van der Waals surface area (Å²) in [5.41, 5.74) is 2.38. The largest absolute Gasteiger partial charge is 0.494 e. The summed E-state index contributed by atoms with van der Waals surface area (Å²) in [6, 6.07) is 7.64. The number of methoxy groups -OCH3 is 1. The van der Waals surface area contributed by atoms with Crippen LogP contribution in [0.5, 0.6) is 5.75 Å². The number of fused-ring (bicyclic) bond motifs is 1. The fraction of sp³-hybridized carbons (Fsp3) is 0.368. The number of benzene rings is 1. The Bertz CT molecular complexity index is 957. The minimum absolute atomic E-state index is 0.246. The van der Waals surface area contributed by atoms with Crippen molar-refractivity contribution < 1.29 is 14.3 Å². The first-order valence-corrected chi connectivity index (χ1v) is 9.66. The molecule has 142 valence electrons. The van der Waals surface area contributed by atoms with E-state index in [0.29, 0.717) is 23.8 Å². The number of para-hydroxylation sites is 2. The van der Waals surface area contributed by atoms with E-state index in [4.69, 9.17) is 9.47 Å². The van der Waals surface area contributed by atoms with E-state index in [0.717, 1.165) is 22.3 Å². The van der Waals surface area contributed by atoms with Gasteiger partial charge in [-0.2, -0.15) is 10.2 Å². The molecule has 3 aromatic rings. The molecule has 0 amide bonds. The van der Waals surface area contributed by atoms with E-state index in [2.05, 4.69) is 15.3 Å². The summed E-state index contributed by atoms with van der Waals surface area (Å²) in [5, 5.41) is 14.3. The molecule has 0 spiro atoms. The van der Waals surface area contributed by atoms with Crippen LogP contribution in [0.2, 0.25) is 0 Å². The highest BCUT2D eigenvalue weighted by atomic mass is 32.2. The summed E-state index contributed by atoms with van der Waals surface area (Å²) in [4.78, 5) is 12.2. The highest BCUT2D eigenvalue weighted by Gasteiger charge is 2.24. The second kappa shape index (κ2) is 8.39. The van der Waals surface area contributed by atoms with Gasteiger partial charge in [0.15, 0.2) is 0 Å². The molecular formula is C19H22N4O3S. The van der Waals surface area contributed by atoms with Gasteiger partial charge in [0.1, 0.15) is 27.2 Å². The molecule has 0 saturated heterocycles. The molecule has 1 atom stereocenters. The van der Waals surface area contributed by atoms with Crippen molar-refractivity contribution in [1.82, 2.24) is 20.0 Å². The van der Waals surface area contributed by atoms with Gasteiger partial charge in [-0.15, -0.1) is 5.10 Å². The van der Waals surface area contributed by atoms with Crippen LogP contribution in [0.25, 0.3) is 16.6 Å². The number of ether oxygens (including phenoxy) is 2. The summed E-state index contributed by atoms with van der Waals surface area (Å²) in [7, 11) is 1.62. The fourth-order valence-electron chi connectivity index (χ4n) is 2.78. The van der Waals surface area contributed by atoms with Crippen LogP contribution in [-0.2, 0) is 9.53 Å². The van der Waals surface area contributed by atoms with Crippen LogP contribution in [0, 0.1) is 6.92 Å². The van der Waals surface area contributed by atoms with Crippen molar-refractivity contribution in [3.63, 3.8) is 0 Å². The lowest BCUT2D eigenvalue weighted by molar-refractivity contribution is -0.142. The molecule has 0 saturated carbocycles. The standard InChI is InChI=1S/C19H22N4O3S/c1-5-16(19(24)26-6-2)27-18-17-13(12(3)21-22-18)11-20-23(17)14-9-7-8-10-15(14)25-4/h7-11,16H,5-6H2,1-4H3/t16-/m0/s1. The van der Waals surface area contributed by atoms with Gasteiger partial charge in [0.25, 0.3) is 0 Å². The molecule has 8 heteroatoms. The average molecular weight is 386 g/mol. The van der Waals surface area contributed by atoms with Gasteiger partial charge in [0, 0.05) is 5.39 Å². The number of hydrogen-bond acceptors (Lipinski definition) is 7. The molecule has 0 bridgehead atoms. The maximum Gasteiger partial charge on any atom is 0.319 e. The maximum atomic E-state index is 12.2. The Labute approximate surface area is 162 Å². The van der Waals surface area contributed by atoms with E-state index < -0.39 is 0 Å². The van der Waals surface area contributed by atoms with Crippen LogP contribution in [0.4, 0.5) is 0 Å². The molecule has 1 aromatic carbocycles. The van der Waals surface area contributed by atoms with Gasteiger partial charge in [0.05, 0.1) is 25.6 Å². The lowest BCUT2D eigenvalue weighted by Crippen LogP contribution is -2.19. The SMILES string of the molecule is CCOC(=O)[C@H](CC)Sc1nnc(C)c2cnn(-c3ccccc3OC)c12. The lowest BCUT2D eigenvalue weighted by atomic mass is 10.2. The van der Waals surface area contributed by atoms with Crippen molar-refractivity contribution in [3.05, 3.63) is 36.2 Å². The minimum Gasteiger partial charge on any atom is -0.494 e. The normalized spacial score (nSPS) is 12.1. The van der Waals surface area contributed by atoms with Crippen molar-refractivity contribution >= 4 is 28.6 Å². The van der Waals surface area contributed by atoms with Gasteiger partial charge < -0.3 is 9.47 Å². The van der Waals surface area contributed by atoms with Crippen LogP contribution in [-0.4, -0.2) is 44.9 Å². The monoisotopic (exact) mass is 386 g/mol. The molecule has 27 heavy (non-hydrogen) atoms. The van der Waals surface area contributed by atoms with E-state index in [1.54, 1.807) is 24.9 Å². The third-order valence-electron chi connectivity index (χ3n) is 4.14. The molecule has 7 nitrogen and oxygen atoms in total.